The van der Waals surface area contributed by atoms with Crippen LogP contribution in [0.25, 0.3) is 11.0 Å². The topological polar surface area (TPSA) is 50.4 Å². The van der Waals surface area contributed by atoms with Crippen molar-refractivity contribution < 1.29 is 18.7 Å². The number of carboxylic acids is 1. The monoisotopic (exact) mass is 314 g/mol. The van der Waals surface area contributed by atoms with Gasteiger partial charge in [0.15, 0.2) is 0 Å². The molecule has 5 heteroatoms. The Morgan fingerprint density at radius 3 is 2.50 bits per heavy atom. The van der Waals surface area contributed by atoms with Crippen LogP contribution in [0.5, 0.6) is 0 Å². The first-order valence-corrected chi connectivity index (χ1v) is 6.16. The molecule has 0 unspecified atom stereocenters. The molecular formula is C13H12BrFO3. The van der Waals surface area contributed by atoms with E-state index < -0.39 is 17.2 Å². The summed E-state index contributed by atoms with van der Waals surface area (Å²) in [5, 5.41) is 9.79. The highest BCUT2D eigenvalue weighted by molar-refractivity contribution is 9.10. The highest BCUT2D eigenvalue weighted by Crippen LogP contribution is 2.37. The van der Waals surface area contributed by atoms with Gasteiger partial charge in [0, 0.05) is 17.0 Å². The molecule has 2 aromatic rings. The van der Waals surface area contributed by atoms with E-state index in [2.05, 4.69) is 15.9 Å². The summed E-state index contributed by atoms with van der Waals surface area (Å²) >= 11 is 3.10. The lowest BCUT2D eigenvalue weighted by Gasteiger charge is -2.18. The van der Waals surface area contributed by atoms with E-state index in [1.807, 2.05) is 20.8 Å². The Bertz CT molecular complexity index is 638. The molecular weight excluding hydrogens is 303 g/mol. The summed E-state index contributed by atoms with van der Waals surface area (Å²) in [6, 6.07) is 2.75. The Balaban J connectivity index is 2.90. The van der Waals surface area contributed by atoms with E-state index in [1.165, 1.54) is 6.07 Å². The van der Waals surface area contributed by atoms with Crippen LogP contribution in [0.15, 0.2) is 21.0 Å². The molecule has 0 saturated carbocycles. The quantitative estimate of drug-likeness (QED) is 0.852. The molecule has 0 spiro atoms. The van der Waals surface area contributed by atoms with E-state index in [0.29, 0.717) is 15.4 Å². The highest BCUT2D eigenvalue weighted by Gasteiger charge is 2.29. The molecule has 0 fully saturated rings. The van der Waals surface area contributed by atoms with Crippen LogP contribution in [0.1, 0.15) is 36.9 Å². The van der Waals surface area contributed by atoms with Crippen molar-refractivity contribution in [2.45, 2.75) is 26.2 Å². The zero-order chi connectivity index (χ0) is 13.7. The Morgan fingerprint density at radius 1 is 1.39 bits per heavy atom. The first kappa shape index (κ1) is 13.1. The van der Waals surface area contributed by atoms with Gasteiger partial charge >= 0.3 is 5.97 Å². The van der Waals surface area contributed by atoms with Crippen molar-refractivity contribution in [2.24, 2.45) is 0 Å². The number of furan rings is 1. The van der Waals surface area contributed by atoms with E-state index in [4.69, 9.17) is 9.52 Å². The predicted molar refractivity (Wildman–Crippen MR) is 69.5 cm³/mol. The van der Waals surface area contributed by atoms with Gasteiger partial charge in [-0.2, -0.15) is 0 Å². The number of benzene rings is 1. The molecule has 0 saturated heterocycles. The number of halogens is 2. The summed E-state index contributed by atoms with van der Waals surface area (Å²) in [7, 11) is 0. The fourth-order valence-corrected chi connectivity index (χ4v) is 2.33. The summed E-state index contributed by atoms with van der Waals surface area (Å²) in [6.45, 7) is 5.67. The molecule has 0 bridgehead atoms. The average Bonchev–Trinajstić information content (AvgIpc) is 2.56. The number of carboxylic acid groups (broad SMARTS) is 1. The van der Waals surface area contributed by atoms with E-state index in [-0.39, 0.29) is 11.3 Å². The molecule has 0 radical (unpaired) electrons. The van der Waals surface area contributed by atoms with Crippen molar-refractivity contribution in [3.8, 4) is 0 Å². The van der Waals surface area contributed by atoms with Crippen molar-refractivity contribution in [3.63, 3.8) is 0 Å². The smallest absolute Gasteiger partial charge is 0.372 e. The molecule has 1 N–H and O–H groups in total. The van der Waals surface area contributed by atoms with E-state index in [9.17, 15) is 9.18 Å². The van der Waals surface area contributed by atoms with Crippen molar-refractivity contribution in [3.05, 3.63) is 33.7 Å². The highest BCUT2D eigenvalue weighted by atomic mass is 79.9. The molecule has 0 aliphatic carbocycles. The molecule has 2 rings (SSSR count). The number of aromatic carboxylic acids is 1. The van der Waals surface area contributed by atoms with Crippen LogP contribution < -0.4 is 0 Å². The van der Waals surface area contributed by atoms with Crippen LogP contribution in [-0.4, -0.2) is 11.1 Å². The molecule has 96 valence electrons. The van der Waals surface area contributed by atoms with Gasteiger partial charge in [-0.05, 0) is 27.4 Å². The van der Waals surface area contributed by atoms with Gasteiger partial charge in [0.2, 0.25) is 5.76 Å². The van der Waals surface area contributed by atoms with Gasteiger partial charge in [0.1, 0.15) is 11.4 Å². The second kappa shape index (κ2) is 4.09. The largest absolute Gasteiger partial charge is 0.475 e. The molecule has 18 heavy (non-hydrogen) atoms. The molecule has 1 aromatic heterocycles. The van der Waals surface area contributed by atoms with Gasteiger partial charge in [-0.1, -0.05) is 20.8 Å². The lowest BCUT2D eigenvalue weighted by molar-refractivity contribution is 0.0661. The van der Waals surface area contributed by atoms with Crippen LogP contribution in [0, 0.1) is 5.82 Å². The maximum atomic E-state index is 13.4. The summed E-state index contributed by atoms with van der Waals surface area (Å²) < 4.78 is 19.0. The number of hydrogen-bond donors (Lipinski definition) is 1. The normalized spacial score (nSPS) is 12.1. The zero-order valence-corrected chi connectivity index (χ0v) is 11.8. The maximum Gasteiger partial charge on any atom is 0.372 e. The average molecular weight is 315 g/mol. The van der Waals surface area contributed by atoms with Crippen molar-refractivity contribution >= 4 is 32.9 Å². The number of carbonyl (C=O) groups is 1. The summed E-state index contributed by atoms with van der Waals surface area (Å²) in [5.41, 5.74) is 0.416. The van der Waals surface area contributed by atoms with Crippen LogP contribution in [0.3, 0.4) is 0 Å². The van der Waals surface area contributed by atoms with Crippen molar-refractivity contribution in [2.75, 3.05) is 0 Å². The van der Waals surface area contributed by atoms with Crippen LogP contribution in [-0.2, 0) is 5.41 Å². The fourth-order valence-electron chi connectivity index (χ4n) is 1.99. The van der Waals surface area contributed by atoms with E-state index in [0.717, 1.165) is 0 Å². The van der Waals surface area contributed by atoms with Gasteiger partial charge < -0.3 is 9.52 Å². The Labute approximate surface area is 112 Å². The third kappa shape index (κ3) is 2.03. The van der Waals surface area contributed by atoms with Crippen molar-refractivity contribution in [1.82, 2.24) is 0 Å². The molecule has 0 aliphatic heterocycles. The van der Waals surface area contributed by atoms with Crippen molar-refractivity contribution in [1.29, 1.82) is 0 Å². The number of rotatable bonds is 1. The van der Waals surface area contributed by atoms with Gasteiger partial charge in [0.05, 0.1) is 4.47 Å². The van der Waals surface area contributed by atoms with Crippen LogP contribution in [0.4, 0.5) is 4.39 Å². The molecule has 0 amide bonds. The second-order valence-electron chi connectivity index (χ2n) is 5.12. The Kier molecular flexibility index (Phi) is 2.97. The minimum Gasteiger partial charge on any atom is -0.475 e. The third-order valence-electron chi connectivity index (χ3n) is 2.68. The molecule has 0 aliphatic rings. The minimum absolute atomic E-state index is 0.130. The fraction of sp³-hybridized carbons (Fsp3) is 0.308. The minimum atomic E-state index is -1.15. The SMILES string of the molecule is CC(C)(C)c1c(C(=O)O)oc2cc(F)c(Br)cc12. The second-order valence-corrected chi connectivity index (χ2v) is 5.98. The van der Waals surface area contributed by atoms with E-state index >= 15 is 0 Å². The van der Waals surface area contributed by atoms with E-state index in [1.54, 1.807) is 6.07 Å². The Hall–Kier alpha value is -1.36. The lowest BCUT2D eigenvalue weighted by atomic mass is 9.85. The van der Waals surface area contributed by atoms with Crippen LogP contribution >= 0.6 is 15.9 Å². The number of fused-ring (bicyclic) bond motifs is 1. The number of hydrogen-bond acceptors (Lipinski definition) is 2. The predicted octanol–water partition coefficient (Wildman–Crippen LogP) is 4.33. The lowest BCUT2D eigenvalue weighted by Crippen LogP contribution is -2.15. The third-order valence-corrected chi connectivity index (χ3v) is 3.28. The van der Waals surface area contributed by atoms with Crippen LogP contribution in [0.2, 0.25) is 0 Å². The van der Waals surface area contributed by atoms with Gasteiger partial charge in [-0.3, -0.25) is 0 Å². The summed E-state index contributed by atoms with van der Waals surface area (Å²) in [6.07, 6.45) is 0. The molecule has 0 atom stereocenters. The zero-order valence-electron chi connectivity index (χ0n) is 10.2. The first-order chi connectivity index (χ1) is 8.21. The molecule has 1 heterocycles. The maximum absolute atomic E-state index is 13.4. The van der Waals surface area contributed by atoms with Gasteiger partial charge in [-0.15, -0.1) is 0 Å². The molecule has 1 aromatic carbocycles. The standard InChI is InChI=1S/C13H12BrFO3/c1-13(2,3)10-6-4-7(14)8(15)5-9(6)18-11(10)12(16)17/h4-5H,1-3H3,(H,16,17). The summed E-state index contributed by atoms with van der Waals surface area (Å²) in [4.78, 5) is 11.2. The first-order valence-electron chi connectivity index (χ1n) is 5.37. The van der Waals surface area contributed by atoms with Gasteiger partial charge in [0.25, 0.3) is 0 Å². The van der Waals surface area contributed by atoms with Gasteiger partial charge in [-0.25, -0.2) is 9.18 Å². The molecule has 3 nitrogen and oxygen atoms in total. The Morgan fingerprint density at radius 2 is 2.00 bits per heavy atom. The summed E-state index contributed by atoms with van der Waals surface area (Å²) in [5.74, 6) is -1.75.